The molecular weight excluding hydrogens is 354 g/mol. The average Bonchev–Trinajstić information content (AvgIpc) is 2.61. The summed E-state index contributed by atoms with van der Waals surface area (Å²) in [4.78, 5) is 0.244. The number of para-hydroxylation sites is 2. The zero-order valence-electron chi connectivity index (χ0n) is 15.2. The lowest BCUT2D eigenvalue weighted by Gasteiger charge is -2.15. The number of benzene rings is 2. The van der Waals surface area contributed by atoms with E-state index in [0.29, 0.717) is 42.3 Å². The van der Waals surface area contributed by atoms with Gasteiger partial charge in [0.15, 0.2) is 21.3 Å². The Hall–Kier alpha value is -2.09. The summed E-state index contributed by atoms with van der Waals surface area (Å²) in [5, 5.41) is 13.4. The van der Waals surface area contributed by atoms with Crippen molar-refractivity contribution in [1.29, 1.82) is 0 Å². The molecule has 142 valence electrons. The Kier molecular flexibility index (Phi) is 7.02. The van der Waals surface area contributed by atoms with Gasteiger partial charge in [0.25, 0.3) is 0 Å². The second-order valence-corrected chi connectivity index (χ2v) is 8.00. The quantitative estimate of drug-likeness (QED) is 0.649. The van der Waals surface area contributed by atoms with Gasteiger partial charge in [-0.1, -0.05) is 24.3 Å². The van der Waals surface area contributed by atoms with Gasteiger partial charge in [0.1, 0.15) is 6.61 Å². The van der Waals surface area contributed by atoms with Crippen molar-refractivity contribution in [3.05, 3.63) is 53.6 Å². The summed E-state index contributed by atoms with van der Waals surface area (Å²) in [5.41, 5.74) is 1.23. The third-order valence-electron chi connectivity index (χ3n) is 3.94. The first-order chi connectivity index (χ1) is 12.3. The number of hydrogen-bond donors (Lipinski definition) is 2. The van der Waals surface area contributed by atoms with Crippen molar-refractivity contribution in [2.45, 2.75) is 17.9 Å². The van der Waals surface area contributed by atoms with Gasteiger partial charge in [-0.15, -0.1) is 0 Å². The third-order valence-corrected chi connectivity index (χ3v) is 5.18. The van der Waals surface area contributed by atoms with Gasteiger partial charge >= 0.3 is 0 Å². The van der Waals surface area contributed by atoms with Gasteiger partial charge in [0.2, 0.25) is 0 Å². The molecule has 0 heterocycles. The number of aliphatic hydroxyl groups is 1. The van der Waals surface area contributed by atoms with Crippen LogP contribution in [0.1, 0.15) is 17.2 Å². The number of aliphatic hydroxyl groups excluding tert-OH is 1. The second-order valence-electron chi connectivity index (χ2n) is 6.02. The van der Waals surface area contributed by atoms with Gasteiger partial charge in [-0.05, 0) is 36.2 Å². The molecule has 0 radical (unpaired) electrons. The maximum absolute atomic E-state index is 11.8. The zero-order chi connectivity index (χ0) is 19.2. The topological polar surface area (TPSA) is 84.9 Å². The lowest BCUT2D eigenvalue weighted by molar-refractivity contribution is 0.171. The summed E-state index contributed by atoms with van der Waals surface area (Å²) in [6, 6.07) is 12.4. The smallest absolute Gasteiger partial charge is 0.175 e. The van der Waals surface area contributed by atoms with Crippen LogP contribution in [0.15, 0.2) is 47.4 Å². The average molecular weight is 379 g/mol. The fourth-order valence-electron chi connectivity index (χ4n) is 2.55. The lowest BCUT2D eigenvalue weighted by atomic mass is 10.1. The Morgan fingerprint density at radius 2 is 1.85 bits per heavy atom. The number of ether oxygens (including phenoxy) is 2. The number of rotatable bonds is 9. The molecule has 0 fully saturated rings. The van der Waals surface area contributed by atoms with Gasteiger partial charge in [-0.3, -0.25) is 0 Å². The number of methoxy groups -OCH3 is 1. The van der Waals surface area contributed by atoms with Crippen molar-refractivity contribution in [2.75, 3.05) is 33.1 Å². The first-order valence-electron chi connectivity index (χ1n) is 8.28. The lowest BCUT2D eigenvalue weighted by Crippen LogP contribution is -2.26. The van der Waals surface area contributed by atoms with E-state index in [1.165, 1.54) is 12.3 Å². The van der Waals surface area contributed by atoms with E-state index in [1.807, 2.05) is 24.3 Å². The van der Waals surface area contributed by atoms with Gasteiger partial charge in [0.05, 0.1) is 18.1 Å². The van der Waals surface area contributed by atoms with Crippen molar-refractivity contribution in [1.82, 2.24) is 5.32 Å². The van der Waals surface area contributed by atoms with Crippen LogP contribution in [0.5, 0.6) is 11.5 Å². The Morgan fingerprint density at radius 3 is 2.50 bits per heavy atom. The first kappa shape index (κ1) is 20.2. The van der Waals surface area contributed by atoms with Gasteiger partial charge in [-0.2, -0.15) is 0 Å². The summed E-state index contributed by atoms with van der Waals surface area (Å²) in [6.45, 7) is 2.97. The third kappa shape index (κ3) is 5.45. The number of hydrogen-bond acceptors (Lipinski definition) is 6. The normalized spacial score (nSPS) is 12.6. The first-order valence-corrected chi connectivity index (χ1v) is 10.2. The fraction of sp³-hybridized carbons (Fsp3) is 0.368. The molecule has 0 aliphatic carbocycles. The SMILES string of the molecule is COc1ccccc1OCCNCC(O)c1ccc(C)c(S(C)(=O)=O)c1. The van der Waals surface area contributed by atoms with Crippen LogP contribution < -0.4 is 14.8 Å². The summed E-state index contributed by atoms with van der Waals surface area (Å²) in [6.07, 6.45) is 0.362. The molecule has 7 heteroatoms. The molecule has 1 unspecified atom stereocenters. The van der Waals surface area contributed by atoms with Crippen LogP contribution in [0.2, 0.25) is 0 Å². The highest BCUT2D eigenvalue weighted by Gasteiger charge is 2.15. The van der Waals surface area contributed by atoms with E-state index in [9.17, 15) is 13.5 Å². The summed E-state index contributed by atoms with van der Waals surface area (Å²) in [7, 11) is -1.73. The zero-order valence-corrected chi connectivity index (χ0v) is 16.0. The van der Waals surface area contributed by atoms with E-state index >= 15 is 0 Å². The summed E-state index contributed by atoms with van der Waals surface area (Å²) >= 11 is 0. The van der Waals surface area contributed by atoms with Crippen LogP contribution in [-0.2, 0) is 9.84 Å². The largest absolute Gasteiger partial charge is 0.493 e. The Bertz CT molecular complexity index is 836. The molecule has 6 nitrogen and oxygen atoms in total. The van der Waals surface area contributed by atoms with E-state index in [0.717, 1.165) is 0 Å². The summed E-state index contributed by atoms with van der Waals surface area (Å²) < 4.78 is 34.4. The van der Waals surface area contributed by atoms with Crippen LogP contribution >= 0.6 is 0 Å². The van der Waals surface area contributed by atoms with Gasteiger partial charge in [-0.25, -0.2) is 8.42 Å². The molecular formula is C19H25NO5S. The van der Waals surface area contributed by atoms with Crippen molar-refractivity contribution < 1.29 is 23.0 Å². The molecule has 0 bridgehead atoms. The molecule has 2 aromatic rings. The second kappa shape index (κ2) is 9.02. The number of aryl methyl sites for hydroxylation is 1. The maximum Gasteiger partial charge on any atom is 0.175 e. The molecule has 0 saturated carbocycles. The maximum atomic E-state index is 11.8. The molecule has 0 saturated heterocycles. The molecule has 0 amide bonds. The predicted molar refractivity (Wildman–Crippen MR) is 101 cm³/mol. The van der Waals surface area contributed by atoms with Gasteiger partial charge in [0, 0.05) is 19.3 Å². The van der Waals surface area contributed by atoms with E-state index < -0.39 is 15.9 Å². The molecule has 2 rings (SSSR count). The van der Waals surface area contributed by atoms with Crippen molar-refractivity contribution >= 4 is 9.84 Å². The summed E-state index contributed by atoms with van der Waals surface area (Å²) in [5.74, 6) is 1.33. The minimum absolute atomic E-state index is 0.244. The number of sulfone groups is 1. The van der Waals surface area contributed by atoms with Crippen LogP contribution in [0.3, 0.4) is 0 Å². The molecule has 2 N–H and O–H groups in total. The molecule has 0 spiro atoms. The molecule has 26 heavy (non-hydrogen) atoms. The number of nitrogens with one attached hydrogen (secondary N) is 1. The Balaban J connectivity index is 1.85. The van der Waals surface area contributed by atoms with E-state index in [2.05, 4.69) is 5.32 Å². The van der Waals surface area contributed by atoms with Crippen LogP contribution in [0.4, 0.5) is 0 Å². The van der Waals surface area contributed by atoms with Crippen molar-refractivity contribution in [2.24, 2.45) is 0 Å². The minimum atomic E-state index is -3.32. The van der Waals surface area contributed by atoms with E-state index in [1.54, 1.807) is 26.2 Å². The molecule has 2 aromatic carbocycles. The fourth-order valence-corrected chi connectivity index (χ4v) is 3.55. The molecule has 0 aliphatic heterocycles. The molecule has 0 aliphatic rings. The highest BCUT2D eigenvalue weighted by molar-refractivity contribution is 7.90. The molecule has 0 aromatic heterocycles. The van der Waals surface area contributed by atoms with Gasteiger partial charge < -0.3 is 19.9 Å². The highest BCUT2D eigenvalue weighted by Crippen LogP contribution is 2.25. The molecule has 1 atom stereocenters. The van der Waals surface area contributed by atoms with Crippen LogP contribution in [0.25, 0.3) is 0 Å². The van der Waals surface area contributed by atoms with Crippen molar-refractivity contribution in [3.8, 4) is 11.5 Å². The van der Waals surface area contributed by atoms with E-state index in [4.69, 9.17) is 9.47 Å². The van der Waals surface area contributed by atoms with Crippen LogP contribution in [-0.4, -0.2) is 46.6 Å². The highest BCUT2D eigenvalue weighted by atomic mass is 32.2. The predicted octanol–water partition coefficient (Wildman–Crippen LogP) is 2.11. The Morgan fingerprint density at radius 1 is 1.15 bits per heavy atom. The standard InChI is InChI=1S/C19H25NO5S/c1-14-8-9-15(12-19(14)26(3,22)23)16(21)13-20-10-11-25-18-7-5-4-6-17(18)24-2/h4-9,12,16,20-21H,10-11,13H2,1-3H3. The monoisotopic (exact) mass is 379 g/mol. The van der Waals surface area contributed by atoms with Crippen molar-refractivity contribution in [3.63, 3.8) is 0 Å². The Labute approximate surface area is 154 Å². The van der Waals surface area contributed by atoms with Crippen LogP contribution in [0, 0.1) is 6.92 Å². The minimum Gasteiger partial charge on any atom is -0.493 e. The van der Waals surface area contributed by atoms with E-state index in [-0.39, 0.29) is 4.90 Å².